The lowest BCUT2D eigenvalue weighted by atomic mass is 10.1. The van der Waals surface area contributed by atoms with E-state index in [2.05, 4.69) is 10.6 Å². The molecule has 0 radical (unpaired) electrons. The minimum absolute atomic E-state index is 0.00867. The van der Waals surface area contributed by atoms with Crippen LogP contribution in [0.4, 0.5) is 0 Å². The lowest BCUT2D eigenvalue weighted by Gasteiger charge is -2.25. The molecule has 1 atom stereocenters. The highest BCUT2D eigenvalue weighted by molar-refractivity contribution is 7.89. The third-order valence-electron chi connectivity index (χ3n) is 3.94. The van der Waals surface area contributed by atoms with Gasteiger partial charge in [-0.3, -0.25) is 4.79 Å². The summed E-state index contributed by atoms with van der Waals surface area (Å²) in [6, 6.07) is 15.4. The normalized spacial score (nSPS) is 12.2. The summed E-state index contributed by atoms with van der Waals surface area (Å²) in [5.74, 6) is 1.96. The Balaban J connectivity index is 2.25. The fourth-order valence-corrected chi connectivity index (χ4v) is 3.33. The quantitative estimate of drug-likeness (QED) is 0.809. The second kappa shape index (κ2) is 7.97. The Morgan fingerprint density at radius 2 is 1.88 bits per heavy atom. The first-order valence-electron chi connectivity index (χ1n) is 7.72. The van der Waals surface area contributed by atoms with E-state index in [0.717, 1.165) is 5.56 Å². The lowest BCUT2D eigenvalue weighted by Crippen LogP contribution is -2.30. The summed E-state index contributed by atoms with van der Waals surface area (Å²) in [5.41, 5.74) is 1.30. The maximum atomic E-state index is 12.7. The van der Waals surface area contributed by atoms with E-state index in [1.54, 1.807) is 24.1 Å². The number of terminal acetylenes is 1. The average Bonchev–Trinajstić information content (AvgIpc) is 2.65. The number of carbonyl (C=O) groups excluding carboxylic acids is 1. The maximum Gasteiger partial charge on any atom is 0.254 e. The summed E-state index contributed by atoms with van der Waals surface area (Å²) in [5, 5.41) is 0. The van der Waals surface area contributed by atoms with Crippen molar-refractivity contribution in [1.29, 1.82) is 0 Å². The van der Waals surface area contributed by atoms with Crippen LogP contribution in [0.15, 0.2) is 59.5 Å². The molecule has 6 heteroatoms. The van der Waals surface area contributed by atoms with Gasteiger partial charge in [0.25, 0.3) is 5.91 Å². The number of amides is 1. The van der Waals surface area contributed by atoms with Crippen molar-refractivity contribution in [1.82, 2.24) is 9.62 Å². The van der Waals surface area contributed by atoms with E-state index in [4.69, 9.17) is 6.42 Å². The number of rotatable bonds is 6. The Morgan fingerprint density at radius 3 is 2.52 bits per heavy atom. The van der Waals surface area contributed by atoms with E-state index in [1.807, 2.05) is 37.3 Å². The number of nitrogens with zero attached hydrogens (tertiary/aromatic N) is 1. The number of hydrogen-bond acceptors (Lipinski definition) is 3. The topological polar surface area (TPSA) is 66.5 Å². The Labute approximate surface area is 148 Å². The molecule has 25 heavy (non-hydrogen) atoms. The van der Waals surface area contributed by atoms with Gasteiger partial charge in [-0.05, 0) is 30.7 Å². The molecule has 0 heterocycles. The maximum absolute atomic E-state index is 12.7. The van der Waals surface area contributed by atoms with Crippen molar-refractivity contribution in [2.45, 2.75) is 17.9 Å². The monoisotopic (exact) mass is 356 g/mol. The van der Waals surface area contributed by atoms with Crippen LogP contribution in [0.5, 0.6) is 0 Å². The molecule has 2 rings (SSSR count). The highest BCUT2D eigenvalue weighted by atomic mass is 32.2. The molecule has 0 aliphatic rings. The molecule has 0 saturated heterocycles. The zero-order valence-electron chi connectivity index (χ0n) is 14.1. The van der Waals surface area contributed by atoms with Gasteiger partial charge in [0, 0.05) is 12.6 Å². The molecule has 0 spiro atoms. The second-order valence-corrected chi connectivity index (χ2v) is 7.33. The minimum Gasteiger partial charge on any atom is -0.335 e. The molecule has 1 unspecified atom stereocenters. The SMILES string of the molecule is C#CCNS(=O)(=O)c1cccc(C(=O)N(C)C(C)c2ccccc2)c1. The first-order valence-corrected chi connectivity index (χ1v) is 9.20. The van der Waals surface area contributed by atoms with Gasteiger partial charge >= 0.3 is 0 Å². The van der Waals surface area contributed by atoms with Crippen LogP contribution < -0.4 is 4.72 Å². The Hall–Kier alpha value is -2.62. The van der Waals surface area contributed by atoms with Gasteiger partial charge in [0.05, 0.1) is 17.5 Å². The molecular formula is C19H20N2O3S. The van der Waals surface area contributed by atoms with Gasteiger partial charge in [-0.15, -0.1) is 6.42 Å². The smallest absolute Gasteiger partial charge is 0.254 e. The van der Waals surface area contributed by atoms with Gasteiger partial charge in [0.15, 0.2) is 0 Å². The summed E-state index contributed by atoms with van der Waals surface area (Å²) < 4.78 is 26.6. The molecular weight excluding hydrogens is 336 g/mol. The van der Waals surface area contributed by atoms with E-state index >= 15 is 0 Å². The molecule has 0 aromatic heterocycles. The van der Waals surface area contributed by atoms with Crippen LogP contribution in [0.25, 0.3) is 0 Å². The van der Waals surface area contributed by atoms with Crippen LogP contribution in [-0.2, 0) is 10.0 Å². The number of carbonyl (C=O) groups is 1. The zero-order chi connectivity index (χ0) is 18.4. The molecule has 1 amide bonds. The van der Waals surface area contributed by atoms with E-state index in [1.165, 1.54) is 12.1 Å². The van der Waals surface area contributed by atoms with Gasteiger partial charge < -0.3 is 4.90 Å². The summed E-state index contributed by atoms with van der Waals surface area (Å²) in [4.78, 5) is 14.3. The van der Waals surface area contributed by atoms with Crippen molar-refractivity contribution >= 4 is 15.9 Å². The highest BCUT2D eigenvalue weighted by Gasteiger charge is 2.21. The van der Waals surface area contributed by atoms with Crippen LogP contribution in [0.1, 0.15) is 28.9 Å². The molecule has 5 nitrogen and oxygen atoms in total. The lowest BCUT2D eigenvalue weighted by molar-refractivity contribution is 0.0742. The molecule has 1 N–H and O–H groups in total. The third kappa shape index (κ3) is 4.47. The van der Waals surface area contributed by atoms with Gasteiger partial charge in [0.1, 0.15) is 0 Å². The molecule has 0 bridgehead atoms. The predicted octanol–water partition coefficient (Wildman–Crippen LogP) is 2.43. The summed E-state index contributed by atoms with van der Waals surface area (Å²) >= 11 is 0. The largest absolute Gasteiger partial charge is 0.335 e. The molecule has 130 valence electrons. The van der Waals surface area contributed by atoms with E-state index in [-0.39, 0.29) is 23.4 Å². The third-order valence-corrected chi connectivity index (χ3v) is 5.34. The minimum atomic E-state index is -3.74. The van der Waals surface area contributed by atoms with Gasteiger partial charge in [-0.1, -0.05) is 42.3 Å². The number of hydrogen-bond donors (Lipinski definition) is 1. The molecule has 2 aromatic rings. The van der Waals surface area contributed by atoms with Crippen LogP contribution in [0, 0.1) is 12.3 Å². The fraction of sp³-hybridized carbons (Fsp3) is 0.211. The summed E-state index contributed by atoms with van der Waals surface area (Å²) in [6.45, 7) is 1.81. The van der Waals surface area contributed by atoms with Gasteiger partial charge in [0.2, 0.25) is 10.0 Å². The van der Waals surface area contributed by atoms with Crippen LogP contribution in [0.3, 0.4) is 0 Å². The number of nitrogens with one attached hydrogen (secondary N) is 1. The number of benzene rings is 2. The van der Waals surface area contributed by atoms with Crippen molar-refractivity contribution in [3.8, 4) is 12.3 Å². The van der Waals surface area contributed by atoms with E-state index in [9.17, 15) is 13.2 Å². The molecule has 0 fully saturated rings. The first-order chi connectivity index (χ1) is 11.9. The zero-order valence-corrected chi connectivity index (χ0v) is 15.0. The Kier molecular flexibility index (Phi) is 5.97. The average molecular weight is 356 g/mol. The van der Waals surface area contributed by atoms with Gasteiger partial charge in [-0.25, -0.2) is 8.42 Å². The van der Waals surface area contributed by atoms with Crippen molar-refractivity contribution in [2.24, 2.45) is 0 Å². The van der Waals surface area contributed by atoms with Crippen molar-refractivity contribution in [3.63, 3.8) is 0 Å². The van der Waals surface area contributed by atoms with Gasteiger partial charge in [-0.2, -0.15) is 4.72 Å². The standard InChI is InChI=1S/C19H20N2O3S/c1-4-13-20-25(23,24)18-12-8-11-17(14-18)19(22)21(3)15(2)16-9-6-5-7-10-16/h1,5-12,14-15,20H,13H2,2-3H3. The van der Waals surface area contributed by atoms with E-state index in [0.29, 0.717) is 5.56 Å². The van der Waals surface area contributed by atoms with Crippen LogP contribution >= 0.6 is 0 Å². The molecule has 0 saturated carbocycles. The molecule has 2 aromatic carbocycles. The molecule has 0 aliphatic heterocycles. The van der Waals surface area contributed by atoms with Crippen molar-refractivity contribution in [3.05, 3.63) is 65.7 Å². The van der Waals surface area contributed by atoms with Crippen LogP contribution in [-0.4, -0.2) is 32.8 Å². The summed E-state index contributed by atoms with van der Waals surface area (Å²) in [6.07, 6.45) is 5.08. The fourth-order valence-electron chi connectivity index (χ4n) is 2.35. The Bertz CT molecular complexity index is 886. The van der Waals surface area contributed by atoms with Crippen molar-refractivity contribution in [2.75, 3.05) is 13.6 Å². The van der Waals surface area contributed by atoms with E-state index < -0.39 is 10.0 Å². The highest BCUT2D eigenvalue weighted by Crippen LogP contribution is 2.21. The Morgan fingerprint density at radius 1 is 1.20 bits per heavy atom. The summed E-state index contributed by atoms with van der Waals surface area (Å²) in [7, 11) is -2.05. The second-order valence-electron chi connectivity index (χ2n) is 5.56. The van der Waals surface area contributed by atoms with Crippen LogP contribution in [0.2, 0.25) is 0 Å². The van der Waals surface area contributed by atoms with Crippen molar-refractivity contribution < 1.29 is 13.2 Å². The first kappa shape index (κ1) is 18.7. The predicted molar refractivity (Wildman–Crippen MR) is 97.4 cm³/mol. The molecule has 0 aliphatic carbocycles. The number of sulfonamides is 1.